The number of hydrogen-bond donors (Lipinski definition) is 2. The van der Waals surface area contributed by atoms with E-state index in [0.29, 0.717) is 30.3 Å². The maximum absolute atomic E-state index is 12.9. The Morgan fingerprint density at radius 3 is 2.68 bits per heavy atom. The van der Waals surface area contributed by atoms with Crippen LogP contribution in [0, 0.1) is 12.7 Å². The van der Waals surface area contributed by atoms with Crippen LogP contribution >= 0.6 is 0 Å². The molecule has 0 saturated heterocycles. The van der Waals surface area contributed by atoms with Gasteiger partial charge in [-0.3, -0.25) is 4.79 Å². The van der Waals surface area contributed by atoms with Crippen LogP contribution in [0.5, 0.6) is 0 Å². The number of amides is 1. The van der Waals surface area contributed by atoms with Crippen LogP contribution in [0.3, 0.4) is 0 Å². The van der Waals surface area contributed by atoms with Gasteiger partial charge < -0.3 is 10.6 Å². The van der Waals surface area contributed by atoms with E-state index < -0.39 is 0 Å². The first-order valence-corrected chi connectivity index (χ1v) is 9.90. The Hall–Kier alpha value is -2.76. The van der Waals surface area contributed by atoms with Crippen LogP contribution in [0.2, 0.25) is 0 Å². The number of rotatable bonds is 8. The van der Waals surface area contributed by atoms with Crippen molar-refractivity contribution in [2.24, 2.45) is 0 Å². The zero-order valence-electron chi connectivity index (χ0n) is 16.3. The molecule has 0 bridgehead atoms. The molecule has 0 saturated carbocycles. The first kappa shape index (κ1) is 20.0. The Kier molecular flexibility index (Phi) is 7.12. The summed E-state index contributed by atoms with van der Waals surface area (Å²) in [6.07, 6.45) is 8.92. The molecule has 0 atom stereocenters. The predicted octanol–water partition coefficient (Wildman–Crippen LogP) is 4.20. The first-order valence-electron chi connectivity index (χ1n) is 9.90. The van der Waals surface area contributed by atoms with Crippen LogP contribution in [0.15, 0.2) is 42.0 Å². The van der Waals surface area contributed by atoms with Gasteiger partial charge in [-0.15, -0.1) is 0 Å². The molecule has 1 aliphatic rings. The van der Waals surface area contributed by atoms with Gasteiger partial charge in [0.2, 0.25) is 0 Å². The fraction of sp³-hybridized carbons (Fsp3) is 0.409. The average molecular weight is 382 g/mol. The molecule has 0 fully saturated rings. The molecule has 0 spiro atoms. The highest BCUT2D eigenvalue weighted by Crippen LogP contribution is 2.20. The number of carbonyl (C=O) groups excluding carboxylic acids is 1. The van der Waals surface area contributed by atoms with Crippen LogP contribution in [-0.2, 0) is 6.42 Å². The van der Waals surface area contributed by atoms with Crippen molar-refractivity contribution in [1.82, 2.24) is 15.3 Å². The first-order chi connectivity index (χ1) is 13.6. The van der Waals surface area contributed by atoms with Gasteiger partial charge in [0.1, 0.15) is 23.2 Å². The summed E-state index contributed by atoms with van der Waals surface area (Å²) in [7, 11) is 0. The highest BCUT2D eigenvalue weighted by atomic mass is 19.1. The number of benzene rings is 1. The van der Waals surface area contributed by atoms with Gasteiger partial charge >= 0.3 is 0 Å². The van der Waals surface area contributed by atoms with Crippen molar-refractivity contribution in [1.29, 1.82) is 0 Å². The molecule has 0 unspecified atom stereocenters. The van der Waals surface area contributed by atoms with Gasteiger partial charge in [-0.1, -0.05) is 23.8 Å². The van der Waals surface area contributed by atoms with Crippen LogP contribution in [0.4, 0.5) is 10.2 Å². The minimum absolute atomic E-state index is 0.231. The van der Waals surface area contributed by atoms with E-state index in [9.17, 15) is 9.18 Å². The zero-order chi connectivity index (χ0) is 19.8. The molecule has 1 aromatic carbocycles. The van der Waals surface area contributed by atoms with Crippen molar-refractivity contribution in [2.45, 2.75) is 45.4 Å². The second-order valence-corrected chi connectivity index (χ2v) is 7.10. The van der Waals surface area contributed by atoms with Crippen LogP contribution in [-0.4, -0.2) is 29.0 Å². The van der Waals surface area contributed by atoms with E-state index in [-0.39, 0.29) is 11.7 Å². The Balaban J connectivity index is 1.50. The van der Waals surface area contributed by atoms with Gasteiger partial charge in [0, 0.05) is 19.2 Å². The van der Waals surface area contributed by atoms with E-state index in [0.717, 1.165) is 18.5 Å². The predicted molar refractivity (Wildman–Crippen MR) is 109 cm³/mol. The third-order valence-electron chi connectivity index (χ3n) is 4.82. The van der Waals surface area contributed by atoms with Gasteiger partial charge in [0.05, 0.1) is 0 Å². The van der Waals surface area contributed by atoms with E-state index >= 15 is 0 Å². The summed E-state index contributed by atoms with van der Waals surface area (Å²) in [5, 5.41) is 6.17. The maximum Gasteiger partial charge on any atom is 0.270 e. The average Bonchev–Trinajstić information content (AvgIpc) is 2.70. The normalized spacial score (nSPS) is 13.7. The fourth-order valence-corrected chi connectivity index (χ4v) is 3.32. The summed E-state index contributed by atoms with van der Waals surface area (Å²) in [4.78, 5) is 21.0. The number of anilines is 1. The smallest absolute Gasteiger partial charge is 0.270 e. The molecule has 2 N–H and O–H groups in total. The van der Waals surface area contributed by atoms with E-state index in [1.54, 1.807) is 25.1 Å². The van der Waals surface area contributed by atoms with Gasteiger partial charge in [-0.05, 0) is 63.1 Å². The largest absolute Gasteiger partial charge is 0.370 e. The molecule has 5 nitrogen and oxygen atoms in total. The fourth-order valence-electron chi connectivity index (χ4n) is 3.32. The van der Waals surface area contributed by atoms with Gasteiger partial charge in [0.15, 0.2) is 0 Å². The molecule has 1 amide bonds. The van der Waals surface area contributed by atoms with Crippen molar-refractivity contribution in [2.75, 3.05) is 18.4 Å². The summed E-state index contributed by atoms with van der Waals surface area (Å²) in [6.45, 7) is 3.04. The molecule has 148 valence electrons. The molecule has 6 heteroatoms. The standard InChI is InChI=1S/C22H27FN4O/c1-16-26-20(22(28)25-14-12-18-7-9-19(23)10-8-18)15-21(27-16)24-13-11-17-5-3-2-4-6-17/h5,7-10,15H,2-4,6,11-14H2,1H3,(H,25,28)(H,24,26,27). The minimum Gasteiger partial charge on any atom is -0.370 e. The quantitative estimate of drug-likeness (QED) is 0.672. The molecule has 0 radical (unpaired) electrons. The van der Waals surface area contributed by atoms with E-state index in [1.165, 1.54) is 43.4 Å². The van der Waals surface area contributed by atoms with Gasteiger partial charge in [-0.25, -0.2) is 14.4 Å². The molecule has 1 aromatic heterocycles. The van der Waals surface area contributed by atoms with Crippen LogP contribution < -0.4 is 10.6 Å². The van der Waals surface area contributed by atoms with Gasteiger partial charge in [0.25, 0.3) is 5.91 Å². The molecule has 28 heavy (non-hydrogen) atoms. The third kappa shape index (κ3) is 6.15. The SMILES string of the molecule is Cc1nc(NCCC2=CCCCC2)cc(C(=O)NCCc2ccc(F)cc2)n1. The van der Waals surface area contributed by atoms with E-state index in [4.69, 9.17) is 0 Å². The Morgan fingerprint density at radius 2 is 1.93 bits per heavy atom. The molecule has 0 aliphatic heterocycles. The van der Waals surface area contributed by atoms with E-state index in [2.05, 4.69) is 26.7 Å². The molecule has 1 heterocycles. The topological polar surface area (TPSA) is 66.9 Å². The van der Waals surface area contributed by atoms with Crippen molar-refractivity contribution in [3.8, 4) is 0 Å². The third-order valence-corrected chi connectivity index (χ3v) is 4.82. The number of nitrogens with one attached hydrogen (secondary N) is 2. The highest BCUT2D eigenvalue weighted by Gasteiger charge is 2.11. The number of nitrogens with zero attached hydrogens (tertiary/aromatic N) is 2. The van der Waals surface area contributed by atoms with Crippen molar-refractivity contribution in [3.63, 3.8) is 0 Å². The van der Waals surface area contributed by atoms with E-state index in [1.807, 2.05) is 0 Å². The van der Waals surface area contributed by atoms with Gasteiger partial charge in [-0.2, -0.15) is 0 Å². The number of halogens is 1. The minimum atomic E-state index is -0.260. The number of carbonyl (C=O) groups is 1. The monoisotopic (exact) mass is 382 g/mol. The van der Waals surface area contributed by atoms with Crippen molar-refractivity contribution in [3.05, 3.63) is 64.9 Å². The summed E-state index contributed by atoms with van der Waals surface area (Å²) in [6, 6.07) is 7.98. The maximum atomic E-state index is 12.9. The summed E-state index contributed by atoms with van der Waals surface area (Å²) in [5.41, 5.74) is 2.83. The summed E-state index contributed by atoms with van der Waals surface area (Å²) >= 11 is 0. The number of allylic oxidation sites excluding steroid dienone is 1. The Labute approximate surface area is 165 Å². The summed E-state index contributed by atoms with van der Waals surface area (Å²) in [5.74, 6) is 0.743. The Morgan fingerprint density at radius 1 is 1.11 bits per heavy atom. The van der Waals surface area contributed by atoms with Crippen LogP contribution in [0.1, 0.15) is 54.0 Å². The number of aryl methyl sites for hydroxylation is 1. The molecule has 3 rings (SSSR count). The molecule has 2 aromatic rings. The highest BCUT2D eigenvalue weighted by molar-refractivity contribution is 5.92. The Bertz CT molecular complexity index is 833. The molecule has 1 aliphatic carbocycles. The molecular formula is C22H27FN4O. The van der Waals surface area contributed by atoms with Crippen LogP contribution in [0.25, 0.3) is 0 Å². The second-order valence-electron chi connectivity index (χ2n) is 7.10. The zero-order valence-corrected chi connectivity index (χ0v) is 16.3. The lowest BCUT2D eigenvalue weighted by Crippen LogP contribution is -2.27. The number of aromatic nitrogens is 2. The second kappa shape index (κ2) is 9.97. The lowest BCUT2D eigenvalue weighted by atomic mass is 9.97. The lowest BCUT2D eigenvalue weighted by molar-refractivity contribution is 0.0949. The lowest BCUT2D eigenvalue weighted by Gasteiger charge is -2.13. The van der Waals surface area contributed by atoms with Crippen molar-refractivity contribution >= 4 is 11.7 Å². The number of hydrogen-bond acceptors (Lipinski definition) is 4. The molecular weight excluding hydrogens is 355 g/mol. The summed E-state index contributed by atoms with van der Waals surface area (Å²) < 4.78 is 12.9. The van der Waals surface area contributed by atoms with Crippen molar-refractivity contribution < 1.29 is 9.18 Å².